The fourth-order valence-electron chi connectivity index (χ4n) is 1.24. The van der Waals surface area contributed by atoms with E-state index in [1.54, 1.807) is 31.4 Å². The summed E-state index contributed by atoms with van der Waals surface area (Å²) < 4.78 is 5.02. The van der Waals surface area contributed by atoms with E-state index in [9.17, 15) is 4.79 Å². The second kappa shape index (κ2) is 6.93. The first kappa shape index (κ1) is 13.5. The molecule has 0 fully saturated rings. The zero-order valence-electron chi connectivity index (χ0n) is 9.63. The first-order valence-electron chi connectivity index (χ1n) is 5.12. The average molecular weight is 255 g/mol. The van der Waals surface area contributed by atoms with Crippen LogP contribution in [0.3, 0.4) is 0 Å². The van der Waals surface area contributed by atoms with E-state index in [0.29, 0.717) is 23.0 Å². The molecular formula is C12H15ClN2O2. The molecule has 1 amide bonds. The summed E-state index contributed by atoms with van der Waals surface area (Å²) >= 11 is 5.93. The molecular weight excluding hydrogens is 240 g/mol. The van der Waals surface area contributed by atoms with E-state index >= 15 is 0 Å². The van der Waals surface area contributed by atoms with Gasteiger partial charge in [0.05, 0.1) is 18.7 Å². The zero-order chi connectivity index (χ0) is 12.7. The lowest BCUT2D eigenvalue weighted by Gasteiger charge is -2.08. The predicted molar refractivity (Wildman–Crippen MR) is 69.7 cm³/mol. The minimum atomic E-state index is -0.131. The van der Waals surface area contributed by atoms with Gasteiger partial charge in [0, 0.05) is 12.2 Å². The van der Waals surface area contributed by atoms with Crippen LogP contribution < -0.4 is 15.4 Å². The lowest BCUT2D eigenvalue weighted by atomic mass is 10.3. The number of carbonyl (C=O) groups is 1. The van der Waals surface area contributed by atoms with Crippen molar-refractivity contribution in [3.63, 3.8) is 0 Å². The van der Waals surface area contributed by atoms with Crippen molar-refractivity contribution >= 4 is 23.2 Å². The third kappa shape index (κ3) is 4.46. The van der Waals surface area contributed by atoms with Crippen LogP contribution in [0, 0.1) is 0 Å². The predicted octanol–water partition coefficient (Wildman–Crippen LogP) is 2.06. The van der Waals surface area contributed by atoms with Gasteiger partial charge in [0.2, 0.25) is 5.91 Å². The molecule has 0 spiro atoms. The van der Waals surface area contributed by atoms with Crippen molar-refractivity contribution in [1.82, 2.24) is 5.32 Å². The molecule has 92 valence electrons. The first-order chi connectivity index (χ1) is 8.17. The maximum Gasteiger partial charge on any atom is 0.238 e. The minimum Gasteiger partial charge on any atom is -0.495 e. The molecule has 1 aromatic carbocycles. The summed E-state index contributed by atoms with van der Waals surface area (Å²) in [4.78, 5) is 11.5. The van der Waals surface area contributed by atoms with Crippen molar-refractivity contribution in [3.8, 4) is 5.75 Å². The van der Waals surface area contributed by atoms with Gasteiger partial charge in [-0.1, -0.05) is 17.7 Å². The molecule has 17 heavy (non-hydrogen) atoms. The lowest BCUT2D eigenvalue weighted by molar-refractivity contribution is -0.115. The van der Waals surface area contributed by atoms with Gasteiger partial charge < -0.3 is 15.4 Å². The van der Waals surface area contributed by atoms with Crippen molar-refractivity contribution in [2.24, 2.45) is 0 Å². The summed E-state index contributed by atoms with van der Waals surface area (Å²) in [5, 5.41) is 6.08. The van der Waals surface area contributed by atoms with Crippen molar-refractivity contribution in [2.75, 3.05) is 25.5 Å². The van der Waals surface area contributed by atoms with Crippen LogP contribution >= 0.6 is 11.6 Å². The van der Waals surface area contributed by atoms with E-state index in [1.165, 1.54) is 0 Å². The summed E-state index contributed by atoms with van der Waals surface area (Å²) in [6.45, 7) is 4.37. The Morgan fingerprint density at radius 3 is 2.94 bits per heavy atom. The van der Waals surface area contributed by atoms with E-state index in [2.05, 4.69) is 17.2 Å². The number of ether oxygens (including phenoxy) is 1. The summed E-state index contributed by atoms with van der Waals surface area (Å²) in [7, 11) is 1.54. The third-order valence-electron chi connectivity index (χ3n) is 2.01. The molecule has 0 radical (unpaired) electrons. The summed E-state index contributed by atoms with van der Waals surface area (Å²) in [5.74, 6) is 0.447. The highest BCUT2D eigenvalue weighted by Crippen LogP contribution is 2.26. The van der Waals surface area contributed by atoms with Crippen molar-refractivity contribution in [1.29, 1.82) is 0 Å². The van der Waals surface area contributed by atoms with Gasteiger partial charge in [-0.05, 0) is 18.2 Å². The Labute approximate surface area is 106 Å². The maximum absolute atomic E-state index is 11.5. The molecule has 0 unspecified atom stereocenters. The molecule has 0 aromatic heterocycles. The van der Waals surface area contributed by atoms with E-state index < -0.39 is 0 Å². The van der Waals surface area contributed by atoms with Crippen molar-refractivity contribution in [3.05, 3.63) is 35.9 Å². The van der Waals surface area contributed by atoms with Crippen LogP contribution in [-0.4, -0.2) is 26.1 Å². The molecule has 0 aliphatic rings. The van der Waals surface area contributed by atoms with Gasteiger partial charge in [-0.15, -0.1) is 6.58 Å². The van der Waals surface area contributed by atoms with Gasteiger partial charge >= 0.3 is 0 Å². The second-order valence-electron chi connectivity index (χ2n) is 3.32. The topological polar surface area (TPSA) is 50.4 Å². The van der Waals surface area contributed by atoms with Crippen LogP contribution in [0.15, 0.2) is 30.9 Å². The number of halogens is 1. The number of rotatable bonds is 6. The summed E-state index contributed by atoms with van der Waals surface area (Å²) in [6, 6.07) is 5.08. The van der Waals surface area contributed by atoms with E-state index in [4.69, 9.17) is 16.3 Å². The molecule has 2 N–H and O–H groups in total. The normalized spacial score (nSPS) is 9.76. The highest BCUT2D eigenvalue weighted by Gasteiger charge is 2.04. The number of anilines is 1. The highest BCUT2D eigenvalue weighted by molar-refractivity contribution is 6.32. The number of hydrogen-bond donors (Lipinski definition) is 2. The number of amides is 1. The van der Waals surface area contributed by atoms with Crippen LogP contribution in [0.1, 0.15) is 0 Å². The smallest absolute Gasteiger partial charge is 0.238 e. The number of methoxy groups -OCH3 is 1. The molecule has 1 rings (SSSR count). The standard InChI is InChI=1S/C12H15ClN2O2/c1-3-6-14-8-12(16)15-9-4-5-11(17-2)10(13)7-9/h3-5,7,14H,1,6,8H2,2H3,(H,15,16). The third-order valence-corrected chi connectivity index (χ3v) is 2.31. The monoisotopic (exact) mass is 254 g/mol. The van der Waals surface area contributed by atoms with Gasteiger partial charge in [0.1, 0.15) is 5.75 Å². The maximum atomic E-state index is 11.5. The Balaban J connectivity index is 2.53. The van der Waals surface area contributed by atoms with Crippen LogP contribution in [-0.2, 0) is 4.79 Å². The number of carbonyl (C=O) groups excluding carboxylic acids is 1. The Kier molecular flexibility index (Phi) is 5.52. The number of nitrogens with one attached hydrogen (secondary N) is 2. The van der Waals surface area contributed by atoms with E-state index in [1.807, 2.05) is 0 Å². The van der Waals surface area contributed by atoms with Gasteiger partial charge in [-0.3, -0.25) is 4.79 Å². The largest absolute Gasteiger partial charge is 0.495 e. The fourth-order valence-corrected chi connectivity index (χ4v) is 1.49. The molecule has 0 saturated carbocycles. The molecule has 4 nitrogen and oxygen atoms in total. The Morgan fingerprint density at radius 1 is 1.59 bits per heavy atom. The molecule has 0 aliphatic carbocycles. The van der Waals surface area contributed by atoms with Gasteiger partial charge in [0.25, 0.3) is 0 Å². The molecule has 0 bridgehead atoms. The van der Waals surface area contributed by atoms with Crippen LogP contribution in [0.25, 0.3) is 0 Å². The van der Waals surface area contributed by atoms with Gasteiger partial charge in [-0.25, -0.2) is 0 Å². The average Bonchev–Trinajstić information content (AvgIpc) is 2.29. The summed E-state index contributed by atoms with van der Waals surface area (Å²) in [6.07, 6.45) is 1.69. The van der Waals surface area contributed by atoms with Gasteiger partial charge in [-0.2, -0.15) is 0 Å². The molecule has 0 aliphatic heterocycles. The van der Waals surface area contributed by atoms with Gasteiger partial charge in [0.15, 0.2) is 0 Å². The Morgan fingerprint density at radius 2 is 2.35 bits per heavy atom. The summed E-state index contributed by atoms with van der Waals surface area (Å²) in [5.41, 5.74) is 0.640. The number of hydrogen-bond acceptors (Lipinski definition) is 3. The molecule has 0 saturated heterocycles. The number of benzene rings is 1. The SMILES string of the molecule is C=CCNCC(=O)Nc1ccc(OC)c(Cl)c1. The molecule has 0 heterocycles. The quantitative estimate of drug-likeness (QED) is 0.604. The Bertz CT molecular complexity index is 407. The first-order valence-corrected chi connectivity index (χ1v) is 5.50. The zero-order valence-corrected chi connectivity index (χ0v) is 10.4. The highest BCUT2D eigenvalue weighted by atomic mass is 35.5. The van der Waals surface area contributed by atoms with Crippen LogP contribution in [0.2, 0.25) is 5.02 Å². The van der Waals surface area contributed by atoms with Crippen LogP contribution in [0.4, 0.5) is 5.69 Å². The van der Waals surface area contributed by atoms with E-state index in [0.717, 1.165) is 0 Å². The molecule has 0 atom stereocenters. The molecule has 1 aromatic rings. The Hall–Kier alpha value is -1.52. The lowest BCUT2D eigenvalue weighted by Crippen LogP contribution is -2.28. The minimum absolute atomic E-state index is 0.131. The van der Waals surface area contributed by atoms with Crippen molar-refractivity contribution < 1.29 is 9.53 Å². The van der Waals surface area contributed by atoms with Crippen LogP contribution in [0.5, 0.6) is 5.75 Å². The second-order valence-corrected chi connectivity index (χ2v) is 3.72. The fraction of sp³-hybridized carbons (Fsp3) is 0.250. The molecule has 5 heteroatoms. The van der Waals surface area contributed by atoms with Crippen molar-refractivity contribution in [2.45, 2.75) is 0 Å². The van der Waals surface area contributed by atoms with E-state index in [-0.39, 0.29) is 12.5 Å².